The third kappa shape index (κ3) is 4.97. The summed E-state index contributed by atoms with van der Waals surface area (Å²) in [5.74, 6) is 1.59. The van der Waals surface area contributed by atoms with Gasteiger partial charge in [-0.05, 0) is 66.3 Å². The van der Waals surface area contributed by atoms with Crippen LogP contribution in [-0.2, 0) is 11.4 Å². The number of piperidine rings is 1. The molecule has 2 N–H and O–H groups in total. The van der Waals surface area contributed by atoms with Crippen molar-refractivity contribution >= 4 is 40.0 Å². The van der Waals surface area contributed by atoms with Gasteiger partial charge >= 0.3 is 0 Å². The van der Waals surface area contributed by atoms with Crippen molar-refractivity contribution in [3.05, 3.63) is 84.1 Å². The standard InChI is InChI=1S/C26H25ClN6O2/c1-2-23(34)33-11-7-18(8-12-33)20-14-29-25-24(20)26(31-16-30-25)32-19-3-4-22(21(27)13-19)35-15-17-5-9-28-10-6-17/h2-6,9-10,13-14,16,18H,1,7-8,11-12,15H2,(H2,29,30,31,32). The van der Waals surface area contributed by atoms with Gasteiger partial charge in [0.05, 0.1) is 10.4 Å². The molecular weight excluding hydrogens is 464 g/mol. The van der Waals surface area contributed by atoms with E-state index >= 15 is 0 Å². The predicted molar refractivity (Wildman–Crippen MR) is 136 cm³/mol. The van der Waals surface area contributed by atoms with Crippen LogP contribution in [0.4, 0.5) is 11.5 Å². The minimum Gasteiger partial charge on any atom is -0.487 e. The normalized spacial score (nSPS) is 14.1. The molecule has 4 aromatic rings. The van der Waals surface area contributed by atoms with Gasteiger partial charge in [-0.1, -0.05) is 18.2 Å². The molecule has 1 saturated heterocycles. The smallest absolute Gasteiger partial charge is 0.245 e. The number of hydrogen-bond acceptors (Lipinski definition) is 6. The molecule has 1 amide bonds. The quantitative estimate of drug-likeness (QED) is 0.346. The number of ether oxygens (including phenoxy) is 1. The Morgan fingerprint density at radius 3 is 2.77 bits per heavy atom. The van der Waals surface area contributed by atoms with Crippen LogP contribution in [-0.4, -0.2) is 43.8 Å². The fourth-order valence-corrected chi connectivity index (χ4v) is 4.65. The van der Waals surface area contributed by atoms with Gasteiger partial charge in [-0.2, -0.15) is 0 Å². The summed E-state index contributed by atoms with van der Waals surface area (Å²) in [5, 5.41) is 4.85. The van der Waals surface area contributed by atoms with E-state index in [0.29, 0.717) is 42.2 Å². The molecular formula is C26H25ClN6O2. The second-order valence-electron chi connectivity index (χ2n) is 8.41. The van der Waals surface area contributed by atoms with Gasteiger partial charge in [0, 0.05) is 37.4 Å². The summed E-state index contributed by atoms with van der Waals surface area (Å²) < 4.78 is 5.87. The van der Waals surface area contributed by atoms with Gasteiger partial charge < -0.3 is 19.9 Å². The zero-order chi connectivity index (χ0) is 24.2. The van der Waals surface area contributed by atoms with Gasteiger partial charge in [-0.25, -0.2) is 9.97 Å². The number of aromatic nitrogens is 4. The lowest BCUT2D eigenvalue weighted by atomic mass is 9.89. The molecule has 1 aliphatic rings. The van der Waals surface area contributed by atoms with Crippen LogP contribution in [0.2, 0.25) is 5.02 Å². The largest absolute Gasteiger partial charge is 0.487 e. The molecule has 3 aromatic heterocycles. The first-order valence-corrected chi connectivity index (χ1v) is 11.8. The number of pyridine rings is 1. The van der Waals surface area contributed by atoms with Crippen molar-refractivity contribution in [3.8, 4) is 5.75 Å². The Morgan fingerprint density at radius 1 is 1.23 bits per heavy atom. The lowest BCUT2D eigenvalue weighted by Crippen LogP contribution is -2.36. The molecule has 0 saturated carbocycles. The summed E-state index contributed by atoms with van der Waals surface area (Å²) in [6.45, 7) is 5.41. The van der Waals surface area contributed by atoms with Crippen LogP contribution < -0.4 is 10.1 Å². The number of hydrogen-bond donors (Lipinski definition) is 2. The maximum atomic E-state index is 11.9. The first-order chi connectivity index (χ1) is 17.1. The summed E-state index contributed by atoms with van der Waals surface area (Å²) in [6, 6.07) is 9.38. The highest BCUT2D eigenvalue weighted by atomic mass is 35.5. The van der Waals surface area contributed by atoms with Crippen LogP contribution in [0.25, 0.3) is 11.0 Å². The fourth-order valence-electron chi connectivity index (χ4n) is 4.42. The van der Waals surface area contributed by atoms with E-state index in [4.69, 9.17) is 16.3 Å². The molecule has 0 spiro atoms. The highest BCUT2D eigenvalue weighted by Gasteiger charge is 2.26. The van der Waals surface area contributed by atoms with Crippen LogP contribution >= 0.6 is 11.6 Å². The van der Waals surface area contributed by atoms with Gasteiger partial charge in [0.2, 0.25) is 5.91 Å². The van der Waals surface area contributed by atoms with E-state index in [1.54, 1.807) is 12.4 Å². The molecule has 35 heavy (non-hydrogen) atoms. The minimum atomic E-state index is -0.0156. The van der Waals surface area contributed by atoms with Crippen molar-refractivity contribution < 1.29 is 9.53 Å². The van der Waals surface area contributed by atoms with Crippen molar-refractivity contribution in [3.63, 3.8) is 0 Å². The monoisotopic (exact) mass is 488 g/mol. The molecule has 1 fully saturated rings. The lowest BCUT2D eigenvalue weighted by Gasteiger charge is -2.31. The Morgan fingerprint density at radius 2 is 2.03 bits per heavy atom. The molecule has 178 valence electrons. The number of H-pyrrole nitrogens is 1. The van der Waals surface area contributed by atoms with Crippen molar-refractivity contribution in [2.45, 2.75) is 25.4 Å². The Hall–Kier alpha value is -3.91. The number of carbonyl (C=O) groups excluding carboxylic acids is 1. The summed E-state index contributed by atoms with van der Waals surface area (Å²) in [5.41, 5.74) is 3.73. The second kappa shape index (κ2) is 10.1. The van der Waals surface area contributed by atoms with Gasteiger partial charge in [-0.3, -0.25) is 9.78 Å². The van der Waals surface area contributed by atoms with Crippen LogP contribution in [0.1, 0.15) is 29.9 Å². The second-order valence-corrected chi connectivity index (χ2v) is 8.82. The van der Waals surface area contributed by atoms with E-state index in [1.165, 1.54) is 12.4 Å². The number of benzene rings is 1. The Labute approximate surface area is 208 Å². The molecule has 0 bridgehead atoms. The molecule has 9 heteroatoms. The van der Waals surface area contributed by atoms with Crippen molar-refractivity contribution in [1.82, 2.24) is 24.8 Å². The third-order valence-corrected chi connectivity index (χ3v) is 6.56. The molecule has 0 radical (unpaired) electrons. The highest BCUT2D eigenvalue weighted by Crippen LogP contribution is 2.37. The molecule has 1 aromatic carbocycles. The number of aromatic amines is 1. The number of fused-ring (bicyclic) bond motifs is 1. The lowest BCUT2D eigenvalue weighted by molar-refractivity contribution is -0.127. The van der Waals surface area contributed by atoms with E-state index in [1.807, 2.05) is 41.4 Å². The zero-order valence-corrected chi connectivity index (χ0v) is 19.8. The molecule has 0 atom stereocenters. The third-order valence-electron chi connectivity index (χ3n) is 6.26. The molecule has 0 aliphatic carbocycles. The van der Waals surface area contributed by atoms with Gasteiger partial charge in [0.25, 0.3) is 0 Å². The summed E-state index contributed by atoms with van der Waals surface area (Å²) in [4.78, 5) is 30.0. The van der Waals surface area contributed by atoms with Gasteiger partial charge in [0.15, 0.2) is 0 Å². The highest BCUT2D eigenvalue weighted by molar-refractivity contribution is 6.32. The Kier molecular flexibility index (Phi) is 6.63. The van der Waals surface area contributed by atoms with Crippen LogP contribution in [0.5, 0.6) is 5.75 Å². The first-order valence-electron chi connectivity index (χ1n) is 11.4. The summed E-state index contributed by atoms with van der Waals surface area (Å²) in [6.07, 6.45) is 10.1. The molecule has 0 unspecified atom stereocenters. The average molecular weight is 489 g/mol. The number of amides is 1. The van der Waals surface area contributed by atoms with E-state index in [2.05, 4.69) is 31.8 Å². The summed E-state index contributed by atoms with van der Waals surface area (Å²) >= 11 is 6.51. The molecule has 1 aliphatic heterocycles. The Bertz CT molecular complexity index is 1350. The van der Waals surface area contributed by atoms with Crippen molar-refractivity contribution in [1.29, 1.82) is 0 Å². The van der Waals surface area contributed by atoms with Crippen LogP contribution in [0.15, 0.2) is 67.9 Å². The Balaban J connectivity index is 1.33. The fraction of sp³-hybridized carbons (Fsp3) is 0.231. The number of anilines is 2. The number of rotatable bonds is 7. The number of nitrogens with one attached hydrogen (secondary N) is 2. The SMILES string of the molecule is C=CC(=O)N1CCC(c2c[nH]c3ncnc(Nc4ccc(OCc5ccncc5)c(Cl)c4)c23)CC1. The van der Waals surface area contributed by atoms with E-state index in [-0.39, 0.29) is 5.91 Å². The number of halogens is 1. The van der Waals surface area contributed by atoms with Crippen molar-refractivity contribution in [2.24, 2.45) is 0 Å². The first kappa shape index (κ1) is 22.9. The van der Waals surface area contributed by atoms with Crippen LogP contribution in [0, 0.1) is 0 Å². The zero-order valence-electron chi connectivity index (χ0n) is 19.1. The maximum absolute atomic E-state index is 11.9. The number of likely N-dealkylation sites (tertiary alicyclic amines) is 1. The van der Waals surface area contributed by atoms with Crippen molar-refractivity contribution in [2.75, 3.05) is 18.4 Å². The molecule has 4 heterocycles. The van der Waals surface area contributed by atoms with Gasteiger partial charge in [-0.15, -0.1) is 0 Å². The molecule has 5 rings (SSSR count). The minimum absolute atomic E-state index is 0.0156. The number of carbonyl (C=O) groups is 1. The van der Waals surface area contributed by atoms with E-state index < -0.39 is 0 Å². The van der Waals surface area contributed by atoms with Crippen LogP contribution in [0.3, 0.4) is 0 Å². The van der Waals surface area contributed by atoms with Gasteiger partial charge in [0.1, 0.15) is 30.1 Å². The average Bonchev–Trinajstić information content (AvgIpc) is 3.34. The summed E-state index contributed by atoms with van der Waals surface area (Å²) in [7, 11) is 0. The topological polar surface area (TPSA) is 96.0 Å². The number of nitrogens with zero attached hydrogens (tertiary/aromatic N) is 4. The van der Waals surface area contributed by atoms with E-state index in [0.717, 1.165) is 40.7 Å². The maximum Gasteiger partial charge on any atom is 0.245 e. The molecule has 8 nitrogen and oxygen atoms in total. The van der Waals surface area contributed by atoms with E-state index in [9.17, 15) is 4.79 Å². The predicted octanol–water partition coefficient (Wildman–Crippen LogP) is 5.22.